The third kappa shape index (κ3) is 2.02. The number of ether oxygens (including phenoxy) is 3. The van der Waals surface area contributed by atoms with Crippen LogP contribution in [-0.4, -0.2) is 20.2 Å². The lowest BCUT2D eigenvalue weighted by Gasteiger charge is -2.22. The topological polar surface area (TPSA) is 44.8 Å². The van der Waals surface area contributed by atoms with Gasteiger partial charge in [-0.2, -0.15) is 0 Å². The fraction of sp³-hybridized carbons (Fsp3) is 0.417. The molecule has 1 aliphatic rings. The first-order valence-corrected chi connectivity index (χ1v) is 5.19. The molecule has 1 aliphatic heterocycles. The van der Waals surface area contributed by atoms with Gasteiger partial charge in [0.1, 0.15) is 17.8 Å². The van der Waals surface area contributed by atoms with Crippen LogP contribution < -0.4 is 9.47 Å². The van der Waals surface area contributed by atoms with Gasteiger partial charge in [0.15, 0.2) is 6.79 Å². The minimum absolute atomic E-state index is 0.284. The van der Waals surface area contributed by atoms with E-state index in [0.717, 1.165) is 28.9 Å². The molecule has 0 aliphatic carbocycles. The van der Waals surface area contributed by atoms with E-state index >= 15 is 0 Å². The third-order valence-corrected chi connectivity index (χ3v) is 2.62. The molecule has 0 fully saturated rings. The van der Waals surface area contributed by atoms with Gasteiger partial charge < -0.3 is 19.0 Å². The lowest BCUT2D eigenvalue weighted by molar-refractivity contribution is -0.107. The molecule has 0 unspecified atom stereocenters. The summed E-state index contributed by atoms with van der Waals surface area (Å²) in [6.07, 6.45) is 2.04. The van der Waals surface area contributed by atoms with Crippen molar-refractivity contribution < 1.29 is 19.0 Å². The monoisotopic (exact) mass is 222 g/mol. The Labute approximate surface area is 94.1 Å². The fourth-order valence-corrected chi connectivity index (χ4v) is 1.86. The van der Waals surface area contributed by atoms with Crippen molar-refractivity contribution in [1.82, 2.24) is 0 Å². The number of carbonyl (C=O) groups is 1. The standard InChI is InChI=1S/C12H14O4/c1-14-11-4-5-12-10(7-15-8-16-12)9(11)3-2-6-13/h4-6H,2-3,7-8H2,1H3. The zero-order chi connectivity index (χ0) is 11.4. The predicted octanol–water partition coefficient (Wildman–Crippen LogP) is 1.69. The molecule has 0 saturated carbocycles. The van der Waals surface area contributed by atoms with Crippen molar-refractivity contribution in [1.29, 1.82) is 0 Å². The second-order valence-corrected chi connectivity index (χ2v) is 3.54. The average Bonchev–Trinajstić information content (AvgIpc) is 2.35. The maximum atomic E-state index is 10.4. The van der Waals surface area contributed by atoms with Crippen LogP contribution in [0.25, 0.3) is 0 Å². The molecule has 0 saturated heterocycles. The largest absolute Gasteiger partial charge is 0.496 e. The highest BCUT2D eigenvalue weighted by molar-refractivity contribution is 5.54. The van der Waals surface area contributed by atoms with E-state index in [4.69, 9.17) is 14.2 Å². The van der Waals surface area contributed by atoms with Crippen molar-refractivity contribution >= 4 is 6.29 Å². The Morgan fingerprint density at radius 3 is 3.12 bits per heavy atom. The van der Waals surface area contributed by atoms with Crippen molar-refractivity contribution in [2.24, 2.45) is 0 Å². The van der Waals surface area contributed by atoms with Crippen molar-refractivity contribution in [3.8, 4) is 11.5 Å². The van der Waals surface area contributed by atoms with Crippen LogP contribution in [0.5, 0.6) is 11.5 Å². The summed E-state index contributed by atoms with van der Waals surface area (Å²) in [6.45, 7) is 0.799. The van der Waals surface area contributed by atoms with Crippen LogP contribution in [0.15, 0.2) is 12.1 Å². The highest BCUT2D eigenvalue weighted by Crippen LogP contribution is 2.33. The average molecular weight is 222 g/mol. The number of hydrogen-bond donors (Lipinski definition) is 0. The minimum Gasteiger partial charge on any atom is -0.496 e. The predicted molar refractivity (Wildman–Crippen MR) is 57.7 cm³/mol. The molecule has 1 aromatic rings. The van der Waals surface area contributed by atoms with Gasteiger partial charge in [0.05, 0.1) is 13.7 Å². The van der Waals surface area contributed by atoms with E-state index < -0.39 is 0 Å². The maximum absolute atomic E-state index is 10.4. The van der Waals surface area contributed by atoms with Crippen LogP contribution in [0.1, 0.15) is 17.5 Å². The van der Waals surface area contributed by atoms with Gasteiger partial charge in [-0.05, 0) is 18.6 Å². The van der Waals surface area contributed by atoms with E-state index in [9.17, 15) is 4.79 Å². The van der Waals surface area contributed by atoms with Gasteiger partial charge >= 0.3 is 0 Å². The second kappa shape index (κ2) is 4.99. The molecule has 4 nitrogen and oxygen atoms in total. The molecule has 2 rings (SSSR count). The smallest absolute Gasteiger partial charge is 0.189 e. The summed E-state index contributed by atoms with van der Waals surface area (Å²) in [5.41, 5.74) is 2.00. The van der Waals surface area contributed by atoms with Crippen LogP contribution in [0.3, 0.4) is 0 Å². The summed E-state index contributed by atoms with van der Waals surface area (Å²) in [4.78, 5) is 10.4. The Morgan fingerprint density at radius 1 is 1.50 bits per heavy atom. The number of rotatable bonds is 4. The molecule has 0 aromatic heterocycles. The van der Waals surface area contributed by atoms with Crippen LogP contribution >= 0.6 is 0 Å². The van der Waals surface area contributed by atoms with E-state index in [2.05, 4.69) is 0 Å². The summed E-state index contributed by atoms with van der Waals surface area (Å²) in [6, 6.07) is 3.74. The SMILES string of the molecule is COc1ccc2c(c1CCC=O)COCO2. The van der Waals surface area contributed by atoms with Crippen molar-refractivity contribution in [2.75, 3.05) is 13.9 Å². The molecule has 0 spiro atoms. The quantitative estimate of drug-likeness (QED) is 0.727. The van der Waals surface area contributed by atoms with Crippen LogP contribution in [0.4, 0.5) is 0 Å². The third-order valence-electron chi connectivity index (χ3n) is 2.62. The number of fused-ring (bicyclic) bond motifs is 1. The van der Waals surface area contributed by atoms with Gasteiger partial charge in [-0.15, -0.1) is 0 Å². The van der Waals surface area contributed by atoms with Crippen LogP contribution in [0.2, 0.25) is 0 Å². The molecule has 1 heterocycles. The van der Waals surface area contributed by atoms with Crippen molar-refractivity contribution in [2.45, 2.75) is 19.4 Å². The first-order valence-electron chi connectivity index (χ1n) is 5.19. The molecule has 0 amide bonds. The van der Waals surface area contributed by atoms with Crippen molar-refractivity contribution in [3.05, 3.63) is 23.3 Å². The first-order chi connectivity index (χ1) is 7.86. The van der Waals surface area contributed by atoms with E-state index in [1.54, 1.807) is 7.11 Å². The Balaban J connectivity index is 2.38. The summed E-state index contributed by atoms with van der Waals surface area (Å²) < 4.78 is 15.9. The highest BCUT2D eigenvalue weighted by atomic mass is 16.7. The number of carbonyl (C=O) groups excluding carboxylic acids is 1. The van der Waals surface area contributed by atoms with Crippen molar-refractivity contribution in [3.63, 3.8) is 0 Å². The summed E-state index contributed by atoms with van der Waals surface area (Å²) in [7, 11) is 1.62. The zero-order valence-corrected chi connectivity index (χ0v) is 9.19. The molecule has 16 heavy (non-hydrogen) atoms. The van der Waals surface area contributed by atoms with Gasteiger partial charge in [-0.3, -0.25) is 0 Å². The molecule has 4 heteroatoms. The first kappa shape index (κ1) is 11.0. The molecular weight excluding hydrogens is 208 g/mol. The van der Waals surface area contributed by atoms with Crippen LogP contribution in [-0.2, 0) is 22.6 Å². The molecule has 0 atom stereocenters. The van der Waals surface area contributed by atoms with E-state index in [1.807, 2.05) is 12.1 Å². The maximum Gasteiger partial charge on any atom is 0.189 e. The van der Waals surface area contributed by atoms with E-state index in [0.29, 0.717) is 19.4 Å². The Morgan fingerprint density at radius 2 is 2.38 bits per heavy atom. The summed E-state index contributed by atoms with van der Waals surface area (Å²) >= 11 is 0. The van der Waals surface area contributed by atoms with E-state index in [-0.39, 0.29) is 6.79 Å². The Kier molecular flexibility index (Phi) is 3.41. The Hall–Kier alpha value is -1.55. The molecular formula is C12H14O4. The fourth-order valence-electron chi connectivity index (χ4n) is 1.86. The molecule has 0 N–H and O–H groups in total. The summed E-state index contributed by atoms with van der Waals surface area (Å²) in [5.74, 6) is 1.61. The highest BCUT2D eigenvalue weighted by Gasteiger charge is 2.18. The van der Waals surface area contributed by atoms with Gasteiger partial charge in [0.25, 0.3) is 0 Å². The van der Waals surface area contributed by atoms with Crippen LogP contribution in [0, 0.1) is 0 Å². The molecule has 0 bridgehead atoms. The second-order valence-electron chi connectivity index (χ2n) is 3.54. The molecule has 86 valence electrons. The molecule has 0 radical (unpaired) electrons. The lowest BCUT2D eigenvalue weighted by atomic mass is 10.0. The number of aldehydes is 1. The van der Waals surface area contributed by atoms with Gasteiger partial charge in [-0.25, -0.2) is 0 Å². The minimum atomic E-state index is 0.284. The van der Waals surface area contributed by atoms with Gasteiger partial charge in [0.2, 0.25) is 0 Å². The lowest BCUT2D eigenvalue weighted by Crippen LogP contribution is -2.14. The summed E-state index contributed by atoms with van der Waals surface area (Å²) in [5, 5.41) is 0. The van der Waals surface area contributed by atoms with Gasteiger partial charge in [0, 0.05) is 17.5 Å². The zero-order valence-electron chi connectivity index (χ0n) is 9.19. The number of methoxy groups -OCH3 is 1. The van der Waals surface area contributed by atoms with Gasteiger partial charge in [-0.1, -0.05) is 0 Å². The number of hydrogen-bond acceptors (Lipinski definition) is 4. The van der Waals surface area contributed by atoms with E-state index in [1.165, 1.54) is 0 Å². The molecule has 1 aromatic carbocycles. The normalized spacial score (nSPS) is 13.8. The Bertz CT molecular complexity index is 387. The number of benzene rings is 1.